The number of aryl methyl sites for hydroxylation is 1. The van der Waals surface area contributed by atoms with E-state index in [4.69, 9.17) is 14.5 Å². The van der Waals surface area contributed by atoms with Crippen LogP contribution < -0.4 is 15.4 Å². The maximum Gasteiger partial charge on any atom is 0.191 e. The van der Waals surface area contributed by atoms with Crippen LogP contribution in [0.2, 0.25) is 0 Å². The summed E-state index contributed by atoms with van der Waals surface area (Å²) in [6.07, 6.45) is 4.12. The molecule has 2 unspecified atom stereocenters. The van der Waals surface area contributed by atoms with Gasteiger partial charge >= 0.3 is 0 Å². The Labute approximate surface area is 199 Å². The van der Waals surface area contributed by atoms with Crippen LogP contribution in [-0.4, -0.2) is 50.6 Å². The summed E-state index contributed by atoms with van der Waals surface area (Å²) in [6.45, 7) is 11.1. The standard InChI is InChI=1S/C23H39N3O3.HI/c1-4-6-19(9-11-27)14-25-23(24-5-2)26-15-21-8-7-18(3)13-22(21)29-17-20-10-12-28-16-20;/h7-8,13,19-20,27H,4-6,9-12,14-17H2,1-3H3,(H2,24,25,26);1H. The van der Waals surface area contributed by atoms with E-state index in [0.717, 1.165) is 69.3 Å². The SMILES string of the molecule is CCCC(CCO)CNC(=NCc1ccc(C)cc1OCC1CCOC1)NCC.I. The van der Waals surface area contributed by atoms with Crippen LogP contribution in [0.5, 0.6) is 5.75 Å². The first-order chi connectivity index (χ1) is 14.2. The van der Waals surface area contributed by atoms with Gasteiger partial charge in [0.2, 0.25) is 0 Å². The molecule has 0 radical (unpaired) electrons. The number of nitrogens with zero attached hydrogens (tertiary/aromatic N) is 1. The number of benzene rings is 1. The molecule has 7 heteroatoms. The number of aliphatic hydroxyl groups is 1. The molecule has 0 spiro atoms. The van der Waals surface area contributed by atoms with Gasteiger partial charge in [-0.25, -0.2) is 4.99 Å². The molecule has 172 valence electrons. The molecule has 0 saturated carbocycles. The number of rotatable bonds is 12. The predicted molar refractivity (Wildman–Crippen MR) is 134 cm³/mol. The van der Waals surface area contributed by atoms with Crippen LogP contribution in [0.4, 0.5) is 0 Å². The second-order valence-corrected chi connectivity index (χ2v) is 7.89. The van der Waals surface area contributed by atoms with E-state index in [9.17, 15) is 5.11 Å². The highest BCUT2D eigenvalue weighted by molar-refractivity contribution is 14.0. The van der Waals surface area contributed by atoms with Gasteiger partial charge in [0.1, 0.15) is 5.75 Å². The summed E-state index contributed by atoms with van der Waals surface area (Å²) in [7, 11) is 0. The van der Waals surface area contributed by atoms with Crippen molar-refractivity contribution in [3.8, 4) is 5.75 Å². The summed E-state index contributed by atoms with van der Waals surface area (Å²) in [6, 6.07) is 6.31. The molecule has 0 aliphatic carbocycles. The van der Waals surface area contributed by atoms with Crippen LogP contribution in [0.15, 0.2) is 23.2 Å². The zero-order chi connectivity index (χ0) is 20.9. The van der Waals surface area contributed by atoms with Gasteiger partial charge < -0.3 is 25.2 Å². The lowest BCUT2D eigenvalue weighted by Gasteiger charge is -2.18. The van der Waals surface area contributed by atoms with Gasteiger partial charge in [-0.15, -0.1) is 24.0 Å². The average molecular weight is 533 g/mol. The van der Waals surface area contributed by atoms with Gasteiger partial charge in [0.15, 0.2) is 5.96 Å². The minimum Gasteiger partial charge on any atom is -0.493 e. The minimum absolute atomic E-state index is 0. The zero-order valence-electron chi connectivity index (χ0n) is 18.8. The van der Waals surface area contributed by atoms with Crippen molar-refractivity contribution >= 4 is 29.9 Å². The number of guanidine groups is 1. The highest BCUT2D eigenvalue weighted by Crippen LogP contribution is 2.23. The van der Waals surface area contributed by atoms with Crippen molar-refractivity contribution in [2.24, 2.45) is 16.8 Å². The van der Waals surface area contributed by atoms with Crippen molar-refractivity contribution in [3.05, 3.63) is 29.3 Å². The first-order valence-corrected chi connectivity index (χ1v) is 11.1. The summed E-state index contributed by atoms with van der Waals surface area (Å²) in [5.41, 5.74) is 2.28. The fourth-order valence-electron chi connectivity index (χ4n) is 3.54. The molecule has 3 N–H and O–H groups in total. The molecule has 2 rings (SSSR count). The number of ether oxygens (including phenoxy) is 2. The van der Waals surface area contributed by atoms with Crippen LogP contribution in [0, 0.1) is 18.8 Å². The maximum atomic E-state index is 9.27. The third kappa shape index (κ3) is 9.83. The van der Waals surface area contributed by atoms with Crippen LogP contribution in [0.25, 0.3) is 0 Å². The Kier molecular flexibility index (Phi) is 14.1. The highest BCUT2D eigenvalue weighted by atomic mass is 127. The molecule has 1 saturated heterocycles. The molecule has 0 amide bonds. The van der Waals surface area contributed by atoms with Crippen LogP contribution in [0.1, 0.15) is 50.7 Å². The third-order valence-corrected chi connectivity index (χ3v) is 5.27. The van der Waals surface area contributed by atoms with E-state index < -0.39 is 0 Å². The van der Waals surface area contributed by atoms with Crippen molar-refractivity contribution in [2.75, 3.05) is 39.5 Å². The fourth-order valence-corrected chi connectivity index (χ4v) is 3.54. The number of hydrogen-bond donors (Lipinski definition) is 3. The Hall–Kier alpha value is -1.06. The quantitative estimate of drug-likeness (QED) is 0.216. The Bertz CT molecular complexity index is 616. The average Bonchev–Trinajstić information content (AvgIpc) is 3.23. The predicted octanol–water partition coefficient (Wildman–Crippen LogP) is 3.88. The van der Waals surface area contributed by atoms with E-state index in [1.54, 1.807) is 0 Å². The van der Waals surface area contributed by atoms with Gasteiger partial charge in [0.25, 0.3) is 0 Å². The van der Waals surface area contributed by atoms with Crippen molar-refractivity contribution in [1.29, 1.82) is 0 Å². The fraction of sp³-hybridized carbons (Fsp3) is 0.696. The smallest absolute Gasteiger partial charge is 0.191 e. The van der Waals surface area contributed by atoms with Crippen molar-refractivity contribution < 1.29 is 14.6 Å². The molecule has 2 atom stereocenters. The zero-order valence-corrected chi connectivity index (χ0v) is 21.1. The summed E-state index contributed by atoms with van der Waals surface area (Å²) in [5.74, 6) is 2.66. The molecule has 1 aromatic rings. The van der Waals surface area contributed by atoms with Crippen LogP contribution >= 0.6 is 24.0 Å². The Morgan fingerprint density at radius 2 is 2.13 bits per heavy atom. The van der Waals surface area contributed by atoms with Crippen LogP contribution in [-0.2, 0) is 11.3 Å². The molecular formula is C23H40IN3O3. The number of hydrogen-bond acceptors (Lipinski definition) is 4. The Morgan fingerprint density at radius 1 is 1.30 bits per heavy atom. The van der Waals surface area contributed by atoms with Gasteiger partial charge in [0, 0.05) is 37.8 Å². The van der Waals surface area contributed by atoms with Gasteiger partial charge in [-0.05, 0) is 50.7 Å². The normalized spacial score (nSPS) is 17.3. The lowest BCUT2D eigenvalue weighted by atomic mass is 10.0. The van der Waals surface area contributed by atoms with E-state index in [0.29, 0.717) is 25.0 Å². The summed E-state index contributed by atoms with van der Waals surface area (Å²) < 4.78 is 11.6. The molecule has 1 aliphatic rings. The monoisotopic (exact) mass is 533 g/mol. The van der Waals surface area contributed by atoms with Crippen LogP contribution in [0.3, 0.4) is 0 Å². The van der Waals surface area contributed by atoms with E-state index in [1.807, 2.05) is 0 Å². The molecule has 1 aromatic carbocycles. The molecule has 6 nitrogen and oxygen atoms in total. The van der Waals surface area contributed by atoms with E-state index in [2.05, 4.69) is 49.6 Å². The highest BCUT2D eigenvalue weighted by Gasteiger charge is 2.17. The number of aliphatic hydroxyl groups excluding tert-OH is 1. The minimum atomic E-state index is 0. The third-order valence-electron chi connectivity index (χ3n) is 5.27. The van der Waals surface area contributed by atoms with Crippen molar-refractivity contribution in [3.63, 3.8) is 0 Å². The topological polar surface area (TPSA) is 75.1 Å². The largest absolute Gasteiger partial charge is 0.493 e. The first kappa shape index (κ1) is 27.0. The Balaban J connectivity index is 0.00000450. The maximum absolute atomic E-state index is 9.27. The van der Waals surface area contributed by atoms with E-state index >= 15 is 0 Å². The van der Waals surface area contributed by atoms with E-state index in [-0.39, 0.29) is 30.6 Å². The number of nitrogens with one attached hydrogen (secondary N) is 2. The van der Waals surface area contributed by atoms with Crippen molar-refractivity contribution in [1.82, 2.24) is 10.6 Å². The van der Waals surface area contributed by atoms with Gasteiger partial charge in [-0.1, -0.05) is 25.5 Å². The molecule has 1 aliphatic heterocycles. The molecular weight excluding hydrogens is 493 g/mol. The summed E-state index contributed by atoms with van der Waals surface area (Å²) in [5, 5.41) is 16.0. The molecule has 0 aromatic heterocycles. The molecule has 0 bridgehead atoms. The van der Waals surface area contributed by atoms with Gasteiger partial charge in [-0.2, -0.15) is 0 Å². The van der Waals surface area contributed by atoms with Gasteiger partial charge in [0.05, 0.1) is 19.8 Å². The first-order valence-electron chi connectivity index (χ1n) is 11.1. The molecule has 30 heavy (non-hydrogen) atoms. The Morgan fingerprint density at radius 3 is 2.80 bits per heavy atom. The summed E-state index contributed by atoms with van der Waals surface area (Å²) >= 11 is 0. The number of aliphatic imine (C=N–C) groups is 1. The second kappa shape index (κ2) is 15.7. The van der Waals surface area contributed by atoms with Crippen molar-refractivity contribution in [2.45, 2.75) is 53.0 Å². The number of halogens is 1. The lowest BCUT2D eigenvalue weighted by molar-refractivity contribution is 0.166. The van der Waals surface area contributed by atoms with Gasteiger partial charge in [-0.3, -0.25) is 0 Å². The lowest BCUT2D eigenvalue weighted by Crippen LogP contribution is -2.40. The summed E-state index contributed by atoms with van der Waals surface area (Å²) in [4.78, 5) is 4.77. The second-order valence-electron chi connectivity index (χ2n) is 7.89. The molecule has 1 heterocycles. The molecule has 1 fully saturated rings. The van der Waals surface area contributed by atoms with E-state index in [1.165, 1.54) is 5.56 Å².